The Hall–Kier alpha value is -3.07. The van der Waals surface area contributed by atoms with Gasteiger partial charge in [0.05, 0.1) is 28.7 Å². The standard InChI is InChI=1S/C18H19N5O3S/c1-11-17(23(25)26)12(2)22(21-11)9-14-4-6-15(7-5-14)18(24)19-8-16-10-27-13(3)20-16/h4-7,10H,8-9H2,1-3H3,(H,19,24). The third-order valence-electron chi connectivity index (χ3n) is 4.17. The van der Waals surface area contributed by atoms with E-state index in [-0.39, 0.29) is 11.6 Å². The van der Waals surface area contributed by atoms with Crippen molar-refractivity contribution in [3.63, 3.8) is 0 Å². The van der Waals surface area contributed by atoms with E-state index in [0.29, 0.717) is 30.0 Å². The topological polar surface area (TPSA) is 103 Å². The number of aryl methyl sites for hydroxylation is 2. The number of nitro groups is 1. The maximum Gasteiger partial charge on any atom is 0.312 e. The molecule has 140 valence electrons. The Kier molecular flexibility index (Phi) is 5.31. The number of thiazole rings is 1. The zero-order valence-electron chi connectivity index (χ0n) is 15.2. The molecule has 0 saturated carbocycles. The Balaban J connectivity index is 1.66. The van der Waals surface area contributed by atoms with Crippen LogP contribution in [0.5, 0.6) is 0 Å². The van der Waals surface area contributed by atoms with Crippen molar-refractivity contribution in [2.45, 2.75) is 33.9 Å². The lowest BCUT2D eigenvalue weighted by molar-refractivity contribution is -0.386. The second-order valence-corrected chi connectivity index (χ2v) is 7.23. The van der Waals surface area contributed by atoms with E-state index in [4.69, 9.17) is 0 Å². The summed E-state index contributed by atoms with van der Waals surface area (Å²) < 4.78 is 1.60. The van der Waals surface area contributed by atoms with Crippen LogP contribution in [0.25, 0.3) is 0 Å². The molecule has 0 bridgehead atoms. The first-order valence-electron chi connectivity index (χ1n) is 8.31. The van der Waals surface area contributed by atoms with Gasteiger partial charge in [-0.15, -0.1) is 11.3 Å². The third kappa shape index (κ3) is 4.20. The molecular formula is C18H19N5O3S. The minimum absolute atomic E-state index is 0.0447. The highest BCUT2D eigenvalue weighted by Gasteiger charge is 2.21. The van der Waals surface area contributed by atoms with Crippen LogP contribution in [0.2, 0.25) is 0 Å². The summed E-state index contributed by atoms with van der Waals surface area (Å²) >= 11 is 1.55. The zero-order chi connectivity index (χ0) is 19.6. The van der Waals surface area contributed by atoms with Crippen LogP contribution >= 0.6 is 11.3 Å². The minimum atomic E-state index is -0.411. The van der Waals surface area contributed by atoms with Crippen LogP contribution in [0, 0.1) is 30.9 Å². The largest absolute Gasteiger partial charge is 0.346 e. The monoisotopic (exact) mass is 385 g/mol. The molecule has 0 fully saturated rings. The molecule has 8 nitrogen and oxygen atoms in total. The zero-order valence-corrected chi connectivity index (χ0v) is 16.0. The van der Waals surface area contributed by atoms with Gasteiger partial charge in [-0.2, -0.15) is 5.10 Å². The van der Waals surface area contributed by atoms with Crippen molar-refractivity contribution in [3.05, 3.63) is 73.0 Å². The normalized spacial score (nSPS) is 10.8. The average molecular weight is 385 g/mol. The lowest BCUT2D eigenvalue weighted by atomic mass is 10.1. The highest BCUT2D eigenvalue weighted by molar-refractivity contribution is 7.09. The number of hydrogen-bond donors (Lipinski definition) is 1. The maximum atomic E-state index is 12.2. The molecule has 0 spiro atoms. The predicted octanol–water partition coefficient (Wildman–Crippen LogP) is 3.15. The molecule has 0 radical (unpaired) electrons. The Morgan fingerprint density at radius 2 is 1.96 bits per heavy atom. The molecule has 2 aromatic heterocycles. The number of hydrogen-bond acceptors (Lipinski definition) is 6. The molecule has 1 amide bonds. The first-order chi connectivity index (χ1) is 12.8. The van der Waals surface area contributed by atoms with Gasteiger partial charge in [0.15, 0.2) is 0 Å². The van der Waals surface area contributed by atoms with Crippen LogP contribution < -0.4 is 5.32 Å². The van der Waals surface area contributed by atoms with Gasteiger partial charge in [0.2, 0.25) is 0 Å². The molecule has 1 aromatic carbocycles. The fraction of sp³-hybridized carbons (Fsp3) is 0.278. The molecule has 1 N–H and O–H groups in total. The summed E-state index contributed by atoms with van der Waals surface area (Å²) in [6.45, 7) is 6.02. The second-order valence-electron chi connectivity index (χ2n) is 6.17. The van der Waals surface area contributed by atoms with Crippen molar-refractivity contribution in [3.8, 4) is 0 Å². The van der Waals surface area contributed by atoms with Crippen molar-refractivity contribution in [2.75, 3.05) is 0 Å². The lowest BCUT2D eigenvalue weighted by Gasteiger charge is -2.07. The number of benzene rings is 1. The summed E-state index contributed by atoms with van der Waals surface area (Å²) in [5.41, 5.74) is 3.24. The molecule has 0 aliphatic heterocycles. The number of aromatic nitrogens is 3. The number of nitrogens with one attached hydrogen (secondary N) is 1. The van der Waals surface area contributed by atoms with Crippen LogP contribution in [0.4, 0.5) is 5.69 Å². The van der Waals surface area contributed by atoms with Crippen LogP contribution in [-0.4, -0.2) is 25.6 Å². The Morgan fingerprint density at radius 3 is 2.52 bits per heavy atom. The number of carbonyl (C=O) groups excluding carboxylic acids is 1. The van der Waals surface area contributed by atoms with E-state index in [9.17, 15) is 14.9 Å². The highest BCUT2D eigenvalue weighted by Crippen LogP contribution is 2.22. The molecule has 2 heterocycles. The van der Waals surface area contributed by atoms with Crippen molar-refractivity contribution in [1.82, 2.24) is 20.1 Å². The summed E-state index contributed by atoms with van der Waals surface area (Å²) in [5.74, 6) is -0.172. The summed E-state index contributed by atoms with van der Waals surface area (Å²) in [6.07, 6.45) is 0. The van der Waals surface area contributed by atoms with Crippen molar-refractivity contribution in [2.24, 2.45) is 0 Å². The van der Waals surface area contributed by atoms with E-state index < -0.39 is 4.92 Å². The van der Waals surface area contributed by atoms with Gasteiger partial charge in [0, 0.05) is 10.9 Å². The van der Waals surface area contributed by atoms with Crippen LogP contribution in [-0.2, 0) is 13.1 Å². The van der Waals surface area contributed by atoms with E-state index in [1.54, 1.807) is 42.0 Å². The van der Waals surface area contributed by atoms with Gasteiger partial charge >= 0.3 is 5.69 Å². The Morgan fingerprint density at radius 1 is 1.26 bits per heavy atom. The summed E-state index contributed by atoms with van der Waals surface area (Å²) in [7, 11) is 0. The van der Waals surface area contributed by atoms with E-state index in [0.717, 1.165) is 16.3 Å². The first-order valence-corrected chi connectivity index (χ1v) is 9.19. The lowest BCUT2D eigenvalue weighted by Crippen LogP contribution is -2.22. The Bertz CT molecular complexity index is 991. The molecule has 0 aliphatic rings. The molecular weight excluding hydrogens is 366 g/mol. The van der Waals surface area contributed by atoms with E-state index in [2.05, 4.69) is 15.4 Å². The molecule has 27 heavy (non-hydrogen) atoms. The van der Waals surface area contributed by atoms with Gasteiger partial charge in [0.25, 0.3) is 5.91 Å². The number of rotatable bonds is 6. The molecule has 0 atom stereocenters. The fourth-order valence-corrected chi connectivity index (χ4v) is 3.42. The van der Waals surface area contributed by atoms with Crippen LogP contribution in [0.15, 0.2) is 29.6 Å². The van der Waals surface area contributed by atoms with Crippen LogP contribution in [0.1, 0.15) is 38.0 Å². The van der Waals surface area contributed by atoms with E-state index in [1.807, 2.05) is 24.4 Å². The highest BCUT2D eigenvalue weighted by atomic mass is 32.1. The molecule has 9 heteroatoms. The van der Waals surface area contributed by atoms with Crippen molar-refractivity contribution >= 4 is 22.9 Å². The molecule has 0 unspecified atom stereocenters. The SMILES string of the molecule is Cc1nc(CNC(=O)c2ccc(Cn3nc(C)c([N+](=O)[O-])c3C)cc2)cs1. The predicted molar refractivity (Wildman–Crippen MR) is 102 cm³/mol. The van der Waals surface area contributed by atoms with E-state index >= 15 is 0 Å². The smallest absolute Gasteiger partial charge is 0.312 e. The number of nitrogens with zero attached hydrogens (tertiary/aromatic N) is 4. The quantitative estimate of drug-likeness (QED) is 0.519. The third-order valence-corrected chi connectivity index (χ3v) is 4.99. The van der Waals surface area contributed by atoms with Gasteiger partial charge in [-0.25, -0.2) is 4.98 Å². The Labute approximate surface area is 160 Å². The van der Waals surface area contributed by atoms with Gasteiger partial charge in [-0.05, 0) is 38.5 Å². The van der Waals surface area contributed by atoms with Gasteiger partial charge in [-0.1, -0.05) is 12.1 Å². The molecule has 0 saturated heterocycles. The molecule has 3 aromatic rings. The van der Waals surface area contributed by atoms with Crippen molar-refractivity contribution in [1.29, 1.82) is 0 Å². The van der Waals surface area contributed by atoms with Gasteiger partial charge in [0.1, 0.15) is 11.4 Å². The van der Waals surface area contributed by atoms with Gasteiger partial charge < -0.3 is 5.32 Å². The molecule has 0 aliphatic carbocycles. The van der Waals surface area contributed by atoms with Crippen LogP contribution in [0.3, 0.4) is 0 Å². The second kappa shape index (κ2) is 7.67. The van der Waals surface area contributed by atoms with Gasteiger partial charge in [-0.3, -0.25) is 19.6 Å². The fourth-order valence-electron chi connectivity index (χ4n) is 2.80. The number of amides is 1. The van der Waals surface area contributed by atoms with Crippen molar-refractivity contribution < 1.29 is 9.72 Å². The summed E-state index contributed by atoms with van der Waals surface area (Å²) in [5, 5.41) is 21.1. The first kappa shape index (κ1) is 18.7. The summed E-state index contributed by atoms with van der Waals surface area (Å²) in [4.78, 5) is 27.2. The summed E-state index contributed by atoms with van der Waals surface area (Å²) in [6, 6.07) is 7.11. The van der Waals surface area contributed by atoms with E-state index in [1.165, 1.54) is 0 Å². The number of carbonyl (C=O) groups is 1. The maximum absolute atomic E-state index is 12.2. The molecule has 3 rings (SSSR count). The minimum Gasteiger partial charge on any atom is -0.346 e. The average Bonchev–Trinajstić information content (AvgIpc) is 3.16.